The van der Waals surface area contributed by atoms with Crippen LogP contribution in [-0.2, 0) is 0 Å². The second-order valence-corrected chi connectivity index (χ2v) is 5.03. The predicted octanol–water partition coefficient (Wildman–Crippen LogP) is 1.83. The summed E-state index contributed by atoms with van der Waals surface area (Å²) < 4.78 is 10.7. The third-order valence-corrected chi connectivity index (χ3v) is 3.60. The maximum absolute atomic E-state index is 12.2. The van der Waals surface area contributed by atoms with E-state index in [0.29, 0.717) is 23.9 Å². The van der Waals surface area contributed by atoms with Gasteiger partial charge in [-0.3, -0.25) is 4.79 Å². The number of aromatic nitrogens is 1. The average Bonchev–Trinajstić information content (AvgIpc) is 2.98. The SMILES string of the molecule is O=C(CNC1CC1)c1c[nH]c2cc3c(cc12)OCO3. The molecule has 98 valence electrons. The van der Waals surface area contributed by atoms with E-state index in [2.05, 4.69) is 10.3 Å². The van der Waals surface area contributed by atoms with E-state index in [0.717, 1.165) is 16.7 Å². The summed E-state index contributed by atoms with van der Waals surface area (Å²) in [6.07, 6.45) is 4.12. The molecule has 2 aliphatic rings. The second-order valence-electron chi connectivity index (χ2n) is 5.03. The molecule has 2 heterocycles. The van der Waals surface area contributed by atoms with Crippen LogP contribution in [-0.4, -0.2) is 30.1 Å². The van der Waals surface area contributed by atoms with Crippen LogP contribution in [0.1, 0.15) is 23.2 Å². The summed E-state index contributed by atoms with van der Waals surface area (Å²) >= 11 is 0. The Morgan fingerprint density at radius 3 is 2.89 bits per heavy atom. The Morgan fingerprint density at radius 2 is 2.11 bits per heavy atom. The van der Waals surface area contributed by atoms with Crippen LogP contribution in [0, 0.1) is 0 Å². The fourth-order valence-corrected chi connectivity index (χ4v) is 2.36. The van der Waals surface area contributed by atoms with E-state index >= 15 is 0 Å². The van der Waals surface area contributed by atoms with E-state index in [-0.39, 0.29) is 12.6 Å². The molecule has 0 spiro atoms. The Bertz CT molecular complexity index is 658. The molecule has 0 unspecified atom stereocenters. The third-order valence-electron chi connectivity index (χ3n) is 3.60. The van der Waals surface area contributed by atoms with E-state index in [1.807, 2.05) is 12.1 Å². The molecule has 1 saturated carbocycles. The minimum Gasteiger partial charge on any atom is -0.454 e. The second kappa shape index (κ2) is 3.99. The molecule has 1 aliphatic carbocycles. The Morgan fingerprint density at radius 1 is 1.32 bits per heavy atom. The van der Waals surface area contributed by atoms with Gasteiger partial charge in [0.2, 0.25) is 6.79 Å². The molecule has 4 rings (SSSR count). The third kappa shape index (κ3) is 1.86. The fourth-order valence-electron chi connectivity index (χ4n) is 2.36. The monoisotopic (exact) mass is 258 g/mol. The van der Waals surface area contributed by atoms with Crippen molar-refractivity contribution in [3.8, 4) is 11.5 Å². The van der Waals surface area contributed by atoms with Crippen molar-refractivity contribution in [1.29, 1.82) is 0 Å². The number of nitrogens with one attached hydrogen (secondary N) is 2. The first-order chi connectivity index (χ1) is 9.31. The standard InChI is InChI=1S/C14H14N2O3/c17-12(6-15-8-1-2-8)10-5-16-11-4-14-13(3-9(10)11)18-7-19-14/h3-5,8,15-16H,1-2,6-7H2. The number of H-pyrrole nitrogens is 1. The summed E-state index contributed by atoms with van der Waals surface area (Å²) in [4.78, 5) is 15.3. The summed E-state index contributed by atoms with van der Waals surface area (Å²) in [7, 11) is 0. The van der Waals surface area contributed by atoms with E-state index in [4.69, 9.17) is 9.47 Å². The van der Waals surface area contributed by atoms with Crippen molar-refractivity contribution in [3.05, 3.63) is 23.9 Å². The number of carbonyl (C=O) groups excluding carboxylic acids is 1. The zero-order valence-electron chi connectivity index (χ0n) is 10.4. The average molecular weight is 258 g/mol. The number of rotatable bonds is 4. The Balaban J connectivity index is 1.67. The highest BCUT2D eigenvalue weighted by Gasteiger charge is 2.23. The molecule has 2 N–H and O–H groups in total. The van der Waals surface area contributed by atoms with Gasteiger partial charge in [0.05, 0.1) is 12.1 Å². The molecule has 1 aromatic heterocycles. The van der Waals surface area contributed by atoms with Gasteiger partial charge in [0.15, 0.2) is 17.3 Å². The lowest BCUT2D eigenvalue weighted by Gasteiger charge is -2.02. The molecular weight excluding hydrogens is 244 g/mol. The maximum Gasteiger partial charge on any atom is 0.231 e. The van der Waals surface area contributed by atoms with Crippen molar-refractivity contribution >= 4 is 16.7 Å². The summed E-state index contributed by atoms with van der Waals surface area (Å²) in [6.45, 7) is 0.639. The summed E-state index contributed by atoms with van der Waals surface area (Å²) in [6, 6.07) is 4.29. The molecule has 5 nitrogen and oxygen atoms in total. The fraction of sp³-hybridized carbons (Fsp3) is 0.357. The molecule has 0 amide bonds. The lowest BCUT2D eigenvalue weighted by atomic mass is 10.1. The van der Waals surface area contributed by atoms with Gasteiger partial charge in [0, 0.05) is 29.3 Å². The van der Waals surface area contributed by atoms with Gasteiger partial charge >= 0.3 is 0 Å². The lowest BCUT2D eigenvalue weighted by molar-refractivity contribution is 0.0992. The highest BCUT2D eigenvalue weighted by Crippen LogP contribution is 2.36. The summed E-state index contributed by atoms with van der Waals surface area (Å²) in [5, 5.41) is 4.14. The first kappa shape index (κ1) is 10.9. The van der Waals surface area contributed by atoms with Crippen LogP contribution >= 0.6 is 0 Å². The zero-order chi connectivity index (χ0) is 12.8. The molecular formula is C14H14N2O3. The number of hydrogen-bond acceptors (Lipinski definition) is 4. The predicted molar refractivity (Wildman–Crippen MR) is 69.8 cm³/mol. The molecule has 0 saturated heterocycles. The van der Waals surface area contributed by atoms with Crippen molar-refractivity contribution in [2.45, 2.75) is 18.9 Å². The van der Waals surface area contributed by atoms with Gasteiger partial charge in [0.25, 0.3) is 0 Å². The summed E-state index contributed by atoms with van der Waals surface area (Å²) in [5.41, 5.74) is 1.61. The quantitative estimate of drug-likeness (QED) is 0.821. The van der Waals surface area contributed by atoms with Gasteiger partial charge < -0.3 is 19.8 Å². The first-order valence-corrected chi connectivity index (χ1v) is 6.48. The van der Waals surface area contributed by atoms with Crippen LogP contribution in [0.2, 0.25) is 0 Å². The van der Waals surface area contributed by atoms with Crippen molar-refractivity contribution in [2.75, 3.05) is 13.3 Å². The molecule has 0 radical (unpaired) electrons. The smallest absolute Gasteiger partial charge is 0.231 e. The molecule has 5 heteroatoms. The highest BCUT2D eigenvalue weighted by molar-refractivity contribution is 6.09. The topological polar surface area (TPSA) is 63.4 Å². The van der Waals surface area contributed by atoms with Gasteiger partial charge in [-0.1, -0.05) is 0 Å². The van der Waals surface area contributed by atoms with Crippen molar-refractivity contribution in [1.82, 2.24) is 10.3 Å². The molecule has 0 atom stereocenters. The van der Waals surface area contributed by atoms with E-state index < -0.39 is 0 Å². The van der Waals surface area contributed by atoms with Crippen LogP contribution in [0.3, 0.4) is 0 Å². The van der Waals surface area contributed by atoms with Crippen LogP contribution in [0.15, 0.2) is 18.3 Å². The van der Waals surface area contributed by atoms with Gasteiger partial charge in [-0.05, 0) is 18.9 Å². The van der Waals surface area contributed by atoms with Crippen LogP contribution in [0.25, 0.3) is 10.9 Å². The summed E-state index contributed by atoms with van der Waals surface area (Å²) in [5.74, 6) is 1.54. The number of fused-ring (bicyclic) bond motifs is 2. The van der Waals surface area contributed by atoms with Gasteiger partial charge in [0.1, 0.15) is 0 Å². The molecule has 1 aliphatic heterocycles. The van der Waals surface area contributed by atoms with E-state index in [1.54, 1.807) is 6.20 Å². The Hall–Kier alpha value is -2.01. The number of carbonyl (C=O) groups is 1. The van der Waals surface area contributed by atoms with E-state index in [9.17, 15) is 4.79 Å². The van der Waals surface area contributed by atoms with Gasteiger partial charge in [-0.15, -0.1) is 0 Å². The minimum absolute atomic E-state index is 0.108. The normalized spacial score (nSPS) is 17.1. The largest absolute Gasteiger partial charge is 0.454 e. The van der Waals surface area contributed by atoms with Crippen molar-refractivity contribution in [2.24, 2.45) is 0 Å². The minimum atomic E-state index is 0.108. The number of aromatic amines is 1. The van der Waals surface area contributed by atoms with Crippen LogP contribution < -0.4 is 14.8 Å². The molecule has 0 bridgehead atoms. The molecule has 1 aromatic carbocycles. The number of ether oxygens (including phenoxy) is 2. The van der Waals surface area contributed by atoms with Crippen molar-refractivity contribution in [3.63, 3.8) is 0 Å². The van der Waals surface area contributed by atoms with Gasteiger partial charge in [-0.2, -0.15) is 0 Å². The Kier molecular flexibility index (Phi) is 2.29. The first-order valence-electron chi connectivity index (χ1n) is 6.48. The number of ketones is 1. The number of Topliss-reactive ketones (excluding diaryl/α,β-unsaturated/α-hetero) is 1. The maximum atomic E-state index is 12.2. The lowest BCUT2D eigenvalue weighted by Crippen LogP contribution is -2.24. The zero-order valence-corrected chi connectivity index (χ0v) is 10.4. The molecule has 1 fully saturated rings. The number of hydrogen-bond donors (Lipinski definition) is 2. The Labute approximate surface area is 109 Å². The van der Waals surface area contributed by atoms with Crippen LogP contribution in [0.5, 0.6) is 11.5 Å². The van der Waals surface area contributed by atoms with Crippen molar-refractivity contribution < 1.29 is 14.3 Å². The van der Waals surface area contributed by atoms with E-state index in [1.165, 1.54) is 12.8 Å². The number of benzene rings is 1. The molecule has 2 aromatic rings. The highest BCUT2D eigenvalue weighted by atomic mass is 16.7. The molecule has 19 heavy (non-hydrogen) atoms. The van der Waals surface area contributed by atoms with Crippen LogP contribution in [0.4, 0.5) is 0 Å². The van der Waals surface area contributed by atoms with Gasteiger partial charge in [-0.25, -0.2) is 0 Å².